The highest BCUT2D eigenvalue weighted by molar-refractivity contribution is 9.10. The number of pyridine rings is 1. The maximum Gasteiger partial charge on any atom is 0.274 e. The van der Waals surface area contributed by atoms with Crippen molar-refractivity contribution < 1.29 is 9.18 Å². The maximum absolute atomic E-state index is 13.4. The lowest BCUT2D eigenvalue weighted by atomic mass is 10.3. The van der Waals surface area contributed by atoms with Gasteiger partial charge < -0.3 is 5.32 Å². The fourth-order valence-corrected chi connectivity index (χ4v) is 2.40. The summed E-state index contributed by atoms with van der Waals surface area (Å²) < 4.78 is 15.8. The first-order valence-corrected chi connectivity index (χ1v) is 7.05. The molecule has 0 bridgehead atoms. The number of nitrogens with one attached hydrogen (secondary N) is 1. The van der Waals surface area contributed by atoms with E-state index >= 15 is 0 Å². The van der Waals surface area contributed by atoms with Crippen molar-refractivity contribution in [2.45, 2.75) is 6.92 Å². The number of nitrogens with zero attached hydrogens (tertiary/aromatic N) is 2. The standard InChI is InChI=1S/C15H11BrFN3O/c1-9-14(20-8-11(17)4-7-13(20)18-9)15(21)19-12-5-2-10(16)3-6-12/h2-8H,1H3,(H,19,21). The quantitative estimate of drug-likeness (QED) is 0.766. The molecule has 0 radical (unpaired) electrons. The Hall–Kier alpha value is -2.21. The predicted molar refractivity (Wildman–Crippen MR) is 82.0 cm³/mol. The molecular formula is C15H11BrFN3O. The van der Waals surface area contributed by atoms with Gasteiger partial charge in [0, 0.05) is 16.4 Å². The second kappa shape index (κ2) is 5.29. The van der Waals surface area contributed by atoms with Crippen molar-refractivity contribution in [1.29, 1.82) is 0 Å². The molecule has 1 amide bonds. The van der Waals surface area contributed by atoms with Crippen LogP contribution in [0.5, 0.6) is 0 Å². The van der Waals surface area contributed by atoms with Crippen molar-refractivity contribution in [3.05, 3.63) is 64.3 Å². The minimum absolute atomic E-state index is 0.326. The topological polar surface area (TPSA) is 46.4 Å². The van der Waals surface area contributed by atoms with Crippen LogP contribution in [0.1, 0.15) is 16.2 Å². The molecule has 0 aliphatic carbocycles. The van der Waals surface area contributed by atoms with Crippen molar-refractivity contribution in [3.8, 4) is 0 Å². The number of carbonyl (C=O) groups is 1. The van der Waals surface area contributed by atoms with Gasteiger partial charge in [-0.15, -0.1) is 0 Å². The van der Waals surface area contributed by atoms with E-state index in [1.165, 1.54) is 16.7 Å². The van der Waals surface area contributed by atoms with E-state index in [1.54, 1.807) is 25.1 Å². The number of hydrogen-bond donors (Lipinski definition) is 1. The lowest BCUT2D eigenvalue weighted by molar-refractivity contribution is 0.102. The van der Waals surface area contributed by atoms with Crippen molar-refractivity contribution in [2.24, 2.45) is 0 Å². The molecule has 3 rings (SSSR count). The van der Waals surface area contributed by atoms with Gasteiger partial charge in [0.2, 0.25) is 0 Å². The van der Waals surface area contributed by atoms with Gasteiger partial charge in [0.25, 0.3) is 5.91 Å². The molecule has 0 saturated heterocycles. The Kier molecular flexibility index (Phi) is 3.47. The highest BCUT2D eigenvalue weighted by Crippen LogP contribution is 2.17. The van der Waals surface area contributed by atoms with Gasteiger partial charge >= 0.3 is 0 Å². The van der Waals surface area contributed by atoms with E-state index in [0.29, 0.717) is 22.7 Å². The molecule has 106 valence electrons. The molecule has 21 heavy (non-hydrogen) atoms. The zero-order valence-corrected chi connectivity index (χ0v) is 12.7. The molecule has 2 aromatic heterocycles. The summed E-state index contributed by atoms with van der Waals surface area (Å²) >= 11 is 3.33. The maximum atomic E-state index is 13.4. The summed E-state index contributed by atoms with van der Waals surface area (Å²) in [5.74, 6) is -0.745. The minimum Gasteiger partial charge on any atom is -0.321 e. The second-order valence-electron chi connectivity index (χ2n) is 4.58. The van der Waals surface area contributed by atoms with Gasteiger partial charge in [-0.1, -0.05) is 15.9 Å². The molecule has 6 heteroatoms. The summed E-state index contributed by atoms with van der Waals surface area (Å²) in [6, 6.07) is 10.1. The van der Waals surface area contributed by atoms with Crippen LogP contribution in [0.3, 0.4) is 0 Å². The largest absolute Gasteiger partial charge is 0.321 e. The van der Waals surface area contributed by atoms with Gasteiger partial charge in [-0.05, 0) is 43.3 Å². The van der Waals surface area contributed by atoms with Crippen molar-refractivity contribution in [3.63, 3.8) is 0 Å². The number of halogens is 2. The first kappa shape index (κ1) is 13.8. The minimum atomic E-state index is -0.419. The van der Waals surface area contributed by atoms with Crippen LogP contribution in [-0.4, -0.2) is 15.3 Å². The molecule has 0 aliphatic heterocycles. The van der Waals surface area contributed by atoms with E-state index in [0.717, 1.165) is 4.47 Å². The predicted octanol–water partition coefficient (Wildman–Crippen LogP) is 3.80. The van der Waals surface area contributed by atoms with Crippen molar-refractivity contribution in [1.82, 2.24) is 9.38 Å². The van der Waals surface area contributed by atoms with E-state index in [1.807, 2.05) is 12.1 Å². The van der Waals surface area contributed by atoms with Crippen LogP contribution in [0.4, 0.5) is 10.1 Å². The number of hydrogen-bond acceptors (Lipinski definition) is 2. The number of rotatable bonds is 2. The molecule has 3 aromatic rings. The van der Waals surface area contributed by atoms with E-state index in [9.17, 15) is 9.18 Å². The zero-order chi connectivity index (χ0) is 15.0. The average molecular weight is 348 g/mol. The van der Waals surface area contributed by atoms with Crippen LogP contribution < -0.4 is 5.32 Å². The molecule has 2 heterocycles. The third-order valence-electron chi connectivity index (χ3n) is 3.07. The Bertz CT molecular complexity index is 827. The number of amides is 1. The van der Waals surface area contributed by atoms with Gasteiger partial charge in [-0.3, -0.25) is 9.20 Å². The molecule has 1 aromatic carbocycles. The van der Waals surface area contributed by atoms with Gasteiger partial charge in [0.1, 0.15) is 17.2 Å². The fourth-order valence-electron chi connectivity index (χ4n) is 2.13. The van der Waals surface area contributed by atoms with Gasteiger partial charge in [-0.2, -0.15) is 0 Å². The first-order valence-electron chi connectivity index (χ1n) is 6.26. The Morgan fingerprint density at radius 3 is 2.67 bits per heavy atom. The van der Waals surface area contributed by atoms with Gasteiger partial charge in [0.15, 0.2) is 0 Å². The molecule has 0 spiro atoms. The normalized spacial score (nSPS) is 10.8. The third kappa shape index (κ3) is 2.67. The van der Waals surface area contributed by atoms with Gasteiger partial charge in [0.05, 0.1) is 5.69 Å². The first-order chi connectivity index (χ1) is 10.0. The van der Waals surface area contributed by atoms with Crippen LogP contribution in [0.2, 0.25) is 0 Å². The zero-order valence-electron chi connectivity index (χ0n) is 11.1. The monoisotopic (exact) mass is 347 g/mol. The summed E-state index contributed by atoms with van der Waals surface area (Å²) in [4.78, 5) is 16.7. The van der Waals surface area contributed by atoms with Crippen LogP contribution in [0, 0.1) is 12.7 Å². The number of aromatic nitrogens is 2. The van der Waals surface area contributed by atoms with Crippen LogP contribution in [0.15, 0.2) is 47.1 Å². The van der Waals surface area contributed by atoms with E-state index in [-0.39, 0.29) is 5.91 Å². The number of carbonyl (C=O) groups excluding carboxylic acids is 1. The number of aryl methyl sites for hydroxylation is 1. The number of imidazole rings is 1. The molecule has 1 N–H and O–H groups in total. The lowest BCUT2D eigenvalue weighted by Crippen LogP contribution is -2.15. The third-order valence-corrected chi connectivity index (χ3v) is 3.60. The number of fused-ring (bicyclic) bond motifs is 1. The van der Waals surface area contributed by atoms with Crippen LogP contribution >= 0.6 is 15.9 Å². The molecule has 0 unspecified atom stereocenters. The van der Waals surface area contributed by atoms with Crippen molar-refractivity contribution in [2.75, 3.05) is 5.32 Å². The Morgan fingerprint density at radius 1 is 1.24 bits per heavy atom. The van der Waals surface area contributed by atoms with E-state index < -0.39 is 5.82 Å². The SMILES string of the molecule is Cc1nc2ccc(F)cn2c1C(=O)Nc1ccc(Br)cc1. The molecule has 0 aliphatic rings. The van der Waals surface area contributed by atoms with Crippen LogP contribution in [0.25, 0.3) is 5.65 Å². The highest BCUT2D eigenvalue weighted by atomic mass is 79.9. The smallest absolute Gasteiger partial charge is 0.274 e. The fraction of sp³-hybridized carbons (Fsp3) is 0.0667. The molecule has 0 saturated carbocycles. The molecule has 0 fully saturated rings. The summed E-state index contributed by atoms with van der Waals surface area (Å²) in [6.07, 6.45) is 1.26. The Balaban J connectivity index is 1.99. The molecule has 4 nitrogen and oxygen atoms in total. The van der Waals surface area contributed by atoms with E-state index in [4.69, 9.17) is 0 Å². The van der Waals surface area contributed by atoms with Gasteiger partial charge in [-0.25, -0.2) is 9.37 Å². The molecule has 0 atom stereocenters. The highest BCUT2D eigenvalue weighted by Gasteiger charge is 2.17. The Labute approximate surface area is 128 Å². The summed E-state index contributed by atoms with van der Waals surface area (Å²) in [5, 5.41) is 2.78. The average Bonchev–Trinajstić information content (AvgIpc) is 2.76. The second-order valence-corrected chi connectivity index (χ2v) is 5.50. The van der Waals surface area contributed by atoms with E-state index in [2.05, 4.69) is 26.2 Å². The molecular weight excluding hydrogens is 337 g/mol. The number of anilines is 1. The van der Waals surface area contributed by atoms with Crippen molar-refractivity contribution >= 4 is 33.2 Å². The summed E-state index contributed by atoms with van der Waals surface area (Å²) in [6.45, 7) is 1.72. The Morgan fingerprint density at radius 2 is 1.95 bits per heavy atom. The summed E-state index contributed by atoms with van der Waals surface area (Å²) in [5.41, 5.74) is 2.08. The number of benzene rings is 1. The summed E-state index contributed by atoms with van der Waals surface area (Å²) in [7, 11) is 0. The van der Waals surface area contributed by atoms with Crippen LogP contribution in [-0.2, 0) is 0 Å². The lowest BCUT2D eigenvalue weighted by Gasteiger charge is -2.06.